The highest BCUT2D eigenvalue weighted by Crippen LogP contribution is 2.20. The van der Waals surface area contributed by atoms with Crippen LogP contribution >= 0.6 is 0 Å². The van der Waals surface area contributed by atoms with Gasteiger partial charge in [-0.3, -0.25) is 14.0 Å². The Morgan fingerprint density at radius 3 is 2.55 bits per heavy atom. The average molecular weight is 417 g/mol. The van der Waals surface area contributed by atoms with Gasteiger partial charge >= 0.3 is 0 Å². The summed E-state index contributed by atoms with van der Waals surface area (Å²) in [4.78, 5) is 34.9. The molecule has 1 aliphatic rings. The number of fused-ring (bicyclic) bond motifs is 2. The van der Waals surface area contributed by atoms with Gasteiger partial charge in [0, 0.05) is 12.7 Å². The maximum Gasteiger partial charge on any atom is 0.270 e. The minimum atomic E-state index is -0.151. The van der Waals surface area contributed by atoms with E-state index in [1.54, 1.807) is 12.3 Å². The number of benzene rings is 1. The second-order valence-corrected chi connectivity index (χ2v) is 8.08. The van der Waals surface area contributed by atoms with Gasteiger partial charge in [0.25, 0.3) is 11.5 Å². The quantitative estimate of drug-likeness (QED) is 0.541. The summed E-state index contributed by atoms with van der Waals surface area (Å²) in [7, 11) is 0. The Bertz CT molecular complexity index is 1300. The van der Waals surface area contributed by atoms with Crippen molar-refractivity contribution in [2.45, 2.75) is 13.5 Å². The molecular formula is C24H26N5O2+. The number of likely N-dealkylation sites (N-methyl/N-ethyl adjacent to an activating group) is 1. The molecule has 7 nitrogen and oxygen atoms in total. The lowest BCUT2D eigenvalue weighted by molar-refractivity contribution is -0.902. The highest BCUT2D eigenvalue weighted by Gasteiger charge is 2.27. The van der Waals surface area contributed by atoms with Gasteiger partial charge in [0.05, 0.1) is 38.1 Å². The third kappa shape index (κ3) is 3.51. The molecule has 3 aromatic heterocycles. The Balaban J connectivity index is 1.64. The number of rotatable bonds is 4. The molecule has 158 valence electrons. The van der Waals surface area contributed by atoms with Crippen molar-refractivity contribution in [3.05, 3.63) is 82.4 Å². The molecule has 0 radical (unpaired) electrons. The van der Waals surface area contributed by atoms with Crippen molar-refractivity contribution < 1.29 is 9.69 Å². The number of hydrogen-bond donors (Lipinski definition) is 1. The number of nitrogens with zero attached hydrogens (tertiary/aromatic N) is 4. The van der Waals surface area contributed by atoms with E-state index in [-0.39, 0.29) is 11.5 Å². The molecule has 0 unspecified atom stereocenters. The molecular weight excluding hydrogens is 390 g/mol. The van der Waals surface area contributed by atoms with Crippen LogP contribution in [0.4, 0.5) is 0 Å². The Kier molecular flexibility index (Phi) is 5.03. The number of quaternary nitrogens is 1. The second-order valence-electron chi connectivity index (χ2n) is 8.08. The summed E-state index contributed by atoms with van der Waals surface area (Å²) in [5.74, 6) is -0.0301. The zero-order valence-corrected chi connectivity index (χ0v) is 17.6. The molecule has 1 saturated heterocycles. The van der Waals surface area contributed by atoms with Crippen molar-refractivity contribution in [3.63, 3.8) is 0 Å². The largest absolute Gasteiger partial charge is 0.332 e. The number of carbonyl (C=O) groups is 1. The lowest BCUT2D eigenvalue weighted by Gasteiger charge is -2.31. The predicted octanol–water partition coefficient (Wildman–Crippen LogP) is 1.06. The van der Waals surface area contributed by atoms with Gasteiger partial charge in [-0.15, -0.1) is 0 Å². The fourth-order valence-corrected chi connectivity index (χ4v) is 4.40. The maximum atomic E-state index is 13.5. The minimum Gasteiger partial charge on any atom is -0.332 e. The van der Waals surface area contributed by atoms with Gasteiger partial charge in [-0.1, -0.05) is 36.4 Å². The standard InChI is InChI=1S/C24H25N5O2/c1-2-26-12-14-27(15-13-26)24(31)20-16-19-22(29(20)17-18-8-4-3-5-9-18)25-21-10-6-7-11-28(21)23(19)30/h3-11,16H,2,12-15,17H2,1H3/p+1. The number of carbonyl (C=O) groups excluding carboxylic acids is 1. The molecule has 7 heteroatoms. The summed E-state index contributed by atoms with van der Waals surface area (Å²) in [6, 6.07) is 17.2. The van der Waals surface area contributed by atoms with Gasteiger partial charge in [0.1, 0.15) is 17.0 Å². The van der Waals surface area contributed by atoms with E-state index in [9.17, 15) is 9.59 Å². The van der Waals surface area contributed by atoms with Crippen LogP contribution in [-0.4, -0.2) is 57.5 Å². The van der Waals surface area contributed by atoms with E-state index in [0.29, 0.717) is 28.9 Å². The summed E-state index contributed by atoms with van der Waals surface area (Å²) >= 11 is 0. The molecule has 0 spiro atoms. The maximum absolute atomic E-state index is 13.5. The van der Waals surface area contributed by atoms with Gasteiger partial charge in [-0.25, -0.2) is 4.98 Å². The molecule has 0 bridgehead atoms. The molecule has 0 atom stereocenters. The fraction of sp³-hybridized carbons (Fsp3) is 0.292. The van der Waals surface area contributed by atoms with Gasteiger partial charge < -0.3 is 14.4 Å². The van der Waals surface area contributed by atoms with Crippen LogP contribution in [0.15, 0.2) is 65.6 Å². The van der Waals surface area contributed by atoms with Crippen molar-refractivity contribution in [2.75, 3.05) is 32.7 Å². The molecule has 4 aromatic rings. The van der Waals surface area contributed by atoms with Crippen LogP contribution in [0.5, 0.6) is 0 Å². The van der Waals surface area contributed by atoms with Gasteiger partial charge in [-0.2, -0.15) is 0 Å². The number of pyridine rings is 1. The number of amides is 1. The fourth-order valence-electron chi connectivity index (χ4n) is 4.40. The number of piperazine rings is 1. The summed E-state index contributed by atoms with van der Waals surface area (Å²) in [5.41, 5.74) is 2.57. The van der Waals surface area contributed by atoms with Gasteiger partial charge in [0.2, 0.25) is 0 Å². The Hall–Kier alpha value is -3.45. The molecule has 31 heavy (non-hydrogen) atoms. The molecule has 0 saturated carbocycles. The SMILES string of the molecule is CC[NH+]1CCN(C(=O)c2cc3c(=O)n4ccccc4nc3n2Cc2ccccc2)CC1. The van der Waals surface area contributed by atoms with E-state index >= 15 is 0 Å². The van der Waals surface area contributed by atoms with Crippen LogP contribution in [-0.2, 0) is 6.54 Å². The first-order valence-electron chi connectivity index (χ1n) is 10.8. The lowest BCUT2D eigenvalue weighted by atomic mass is 10.2. The smallest absolute Gasteiger partial charge is 0.270 e. The normalized spacial score (nSPS) is 15.1. The van der Waals surface area contributed by atoms with Crippen molar-refractivity contribution in [1.29, 1.82) is 0 Å². The minimum absolute atomic E-state index is 0.0301. The van der Waals surface area contributed by atoms with E-state index in [2.05, 4.69) is 6.92 Å². The van der Waals surface area contributed by atoms with Crippen molar-refractivity contribution in [2.24, 2.45) is 0 Å². The van der Waals surface area contributed by atoms with Crippen LogP contribution in [0.1, 0.15) is 23.0 Å². The van der Waals surface area contributed by atoms with Gasteiger partial charge in [-0.05, 0) is 30.7 Å². The van der Waals surface area contributed by atoms with E-state index < -0.39 is 0 Å². The van der Waals surface area contributed by atoms with Crippen LogP contribution in [0.25, 0.3) is 16.7 Å². The highest BCUT2D eigenvalue weighted by molar-refractivity contribution is 5.98. The van der Waals surface area contributed by atoms with Crippen LogP contribution in [0.3, 0.4) is 0 Å². The summed E-state index contributed by atoms with van der Waals surface area (Å²) in [6.45, 7) is 7.09. The number of hydrogen-bond acceptors (Lipinski definition) is 3. The molecule has 0 aliphatic carbocycles. The summed E-state index contributed by atoms with van der Waals surface area (Å²) in [5, 5.41) is 0.473. The second kappa shape index (κ2) is 8.00. The first kappa shape index (κ1) is 19.5. The van der Waals surface area contributed by atoms with E-state index in [0.717, 1.165) is 38.3 Å². The van der Waals surface area contributed by atoms with Crippen molar-refractivity contribution >= 4 is 22.6 Å². The molecule has 1 fully saturated rings. The molecule has 1 amide bonds. The first-order chi connectivity index (χ1) is 15.2. The highest BCUT2D eigenvalue weighted by atomic mass is 16.2. The topological polar surface area (TPSA) is 64.1 Å². The van der Waals surface area contributed by atoms with Gasteiger partial charge in [0.15, 0.2) is 0 Å². The zero-order chi connectivity index (χ0) is 21.4. The van der Waals surface area contributed by atoms with E-state index in [4.69, 9.17) is 4.98 Å². The first-order valence-corrected chi connectivity index (χ1v) is 10.8. The number of nitrogens with one attached hydrogen (secondary N) is 1. The zero-order valence-electron chi connectivity index (χ0n) is 17.6. The van der Waals surface area contributed by atoms with Crippen molar-refractivity contribution in [1.82, 2.24) is 18.9 Å². The molecule has 1 aliphatic heterocycles. The molecule has 1 N–H and O–H groups in total. The number of aromatic nitrogens is 3. The Morgan fingerprint density at radius 1 is 1.06 bits per heavy atom. The molecule has 5 rings (SSSR count). The van der Waals surface area contributed by atoms with E-state index in [1.807, 2.05) is 58.0 Å². The van der Waals surface area contributed by atoms with Crippen molar-refractivity contribution in [3.8, 4) is 0 Å². The summed E-state index contributed by atoms with van der Waals surface area (Å²) in [6.07, 6.45) is 1.72. The Morgan fingerprint density at radius 2 is 1.81 bits per heavy atom. The van der Waals surface area contributed by atoms with Crippen LogP contribution in [0, 0.1) is 0 Å². The average Bonchev–Trinajstić information content (AvgIpc) is 3.18. The predicted molar refractivity (Wildman–Crippen MR) is 120 cm³/mol. The van der Waals surface area contributed by atoms with E-state index in [1.165, 1.54) is 9.30 Å². The molecule has 1 aromatic carbocycles. The Labute approximate surface area is 180 Å². The molecule has 4 heterocycles. The summed E-state index contributed by atoms with van der Waals surface area (Å²) < 4.78 is 3.44. The monoisotopic (exact) mass is 416 g/mol. The lowest BCUT2D eigenvalue weighted by Crippen LogP contribution is -3.14. The van der Waals surface area contributed by atoms with Crippen LogP contribution in [0.2, 0.25) is 0 Å². The third-order valence-corrected chi connectivity index (χ3v) is 6.24. The van der Waals surface area contributed by atoms with Crippen LogP contribution < -0.4 is 10.5 Å². The third-order valence-electron chi connectivity index (χ3n) is 6.24.